The molecule has 0 unspecified atom stereocenters. The van der Waals surface area contributed by atoms with Gasteiger partial charge in [0.25, 0.3) is 11.4 Å². The van der Waals surface area contributed by atoms with Crippen molar-refractivity contribution in [2.24, 2.45) is 0 Å². The first-order chi connectivity index (χ1) is 16.2. The predicted octanol–water partition coefficient (Wildman–Crippen LogP) is 5.27. The highest BCUT2D eigenvalue weighted by Crippen LogP contribution is 2.33. The fraction of sp³-hybridized carbons (Fsp3) is 0.0833. The molecule has 3 aromatic rings. The Morgan fingerprint density at radius 2 is 1.09 bits per heavy atom. The van der Waals surface area contributed by atoms with E-state index in [0.29, 0.717) is 11.1 Å². The van der Waals surface area contributed by atoms with Gasteiger partial charge in [-0.25, -0.2) is 0 Å². The highest BCUT2D eigenvalue weighted by atomic mass is 16.6. The molecule has 0 aliphatic rings. The normalized spacial score (nSPS) is 11.1. The third-order valence-electron chi connectivity index (χ3n) is 4.89. The van der Waals surface area contributed by atoms with Gasteiger partial charge in [0, 0.05) is 0 Å². The van der Waals surface area contributed by atoms with Crippen LogP contribution in [0.5, 0.6) is 23.0 Å². The number of phenolic OH excluding ortho intramolecular Hbond substituents is 2. The van der Waals surface area contributed by atoms with Crippen LogP contribution < -0.4 is 9.47 Å². The van der Waals surface area contributed by atoms with Crippen molar-refractivity contribution in [2.45, 2.75) is 0 Å². The standard InChI is InChI=1S/C24H20N2O8/c1-33-23-9-5-15(11-21(23)27)3-7-17-13-18(20(26(31)32)14-19(17)25(29)30)8-4-16-6-10-24(34-2)22(28)12-16/h3-14,27-28H,1-2H3. The molecule has 0 fully saturated rings. The number of aromatic hydroxyl groups is 2. The second-order valence-corrected chi connectivity index (χ2v) is 7.01. The van der Waals surface area contributed by atoms with Gasteiger partial charge >= 0.3 is 0 Å². The molecule has 0 aromatic heterocycles. The lowest BCUT2D eigenvalue weighted by atomic mass is 10.0. The van der Waals surface area contributed by atoms with Gasteiger partial charge in [-0.15, -0.1) is 0 Å². The van der Waals surface area contributed by atoms with E-state index in [1.165, 1.54) is 68.9 Å². The van der Waals surface area contributed by atoms with Gasteiger partial charge in [0.15, 0.2) is 23.0 Å². The number of nitrogens with zero attached hydrogens (tertiary/aromatic N) is 2. The Morgan fingerprint density at radius 3 is 1.41 bits per heavy atom. The highest BCUT2D eigenvalue weighted by molar-refractivity contribution is 5.82. The van der Waals surface area contributed by atoms with Gasteiger partial charge in [-0.1, -0.05) is 24.3 Å². The smallest absolute Gasteiger partial charge is 0.283 e. The number of nitro benzene ring substituents is 2. The first-order valence-electron chi connectivity index (χ1n) is 9.80. The summed E-state index contributed by atoms with van der Waals surface area (Å²) in [6.45, 7) is 0. The zero-order valence-corrected chi connectivity index (χ0v) is 18.2. The van der Waals surface area contributed by atoms with Crippen LogP contribution in [0.25, 0.3) is 24.3 Å². The zero-order valence-electron chi connectivity index (χ0n) is 18.2. The van der Waals surface area contributed by atoms with E-state index >= 15 is 0 Å². The summed E-state index contributed by atoms with van der Waals surface area (Å²) in [5, 5.41) is 43.0. The van der Waals surface area contributed by atoms with Crippen LogP contribution in [0.15, 0.2) is 48.5 Å². The SMILES string of the molecule is COc1ccc(C=Cc2cc(C=Cc3ccc(OC)c(O)c3)c([N+](=O)[O-])cc2[N+](=O)[O-])cc1O. The van der Waals surface area contributed by atoms with Crippen molar-refractivity contribution in [2.75, 3.05) is 14.2 Å². The van der Waals surface area contributed by atoms with E-state index in [9.17, 15) is 30.4 Å². The molecule has 0 aliphatic carbocycles. The van der Waals surface area contributed by atoms with Crippen molar-refractivity contribution >= 4 is 35.7 Å². The van der Waals surface area contributed by atoms with Crippen LogP contribution in [-0.2, 0) is 0 Å². The largest absolute Gasteiger partial charge is 0.504 e. The van der Waals surface area contributed by atoms with Gasteiger partial charge in [0.1, 0.15) is 0 Å². The molecule has 0 saturated heterocycles. The van der Waals surface area contributed by atoms with Gasteiger partial charge in [0.05, 0.1) is 41.3 Å². The van der Waals surface area contributed by atoms with Crippen molar-refractivity contribution in [3.05, 3.63) is 91.0 Å². The quantitative estimate of drug-likeness (QED) is 0.260. The van der Waals surface area contributed by atoms with E-state index in [2.05, 4.69) is 0 Å². The summed E-state index contributed by atoms with van der Waals surface area (Å²) in [7, 11) is 2.82. The number of nitro groups is 2. The van der Waals surface area contributed by atoms with Crippen molar-refractivity contribution in [3.63, 3.8) is 0 Å². The molecule has 0 saturated carbocycles. The summed E-state index contributed by atoms with van der Waals surface area (Å²) in [5.41, 5.74) is 0.444. The van der Waals surface area contributed by atoms with E-state index in [1.807, 2.05) is 0 Å². The molecule has 0 atom stereocenters. The van der Waals surface area contributed by atoms with Crippen LogP contribution in [0.1, 0.15) is 22.3 Å². The lowest BCUT2D eigenvalue weighted by Crippen LogP contribution is -1.98. The van der Waals surface area contributed by atoms with E-state index in [-0.39, 0.29) is 34.1 Å². The maximum Gasteiger partial charge on any atom is 0.283 e. The van der Waals surface area contributed by atoms with Gasteiger partial charge in [-0.3, -0.25) is 20.2 Å². The maximum atomic E-state index is 11.6. The Kier molecular flexibility index (Phi) is 7.12. The summed E-state index contributed by atoms with van der Waals surface area (Å²) in [4.78, 5) is 21.7. The van der Waals surface area contributed by atoms with Crippen molar-refractivity contribution < 1.29 is 29.5 Å². The van der Waals surface area contributed by atoms with Crippen LogP contribution in [-0.4, -0.2) is 34.3 Å². The fourth-order valence-electron chi connectivity index (χ4n) is 3.19. The summed E-state index contributed by atoms with van der Waals surface area (Å²) in [6, 6.07) is 11.4. The summed E-state index contributed by atoms with van der Waals surface area (Å²) in [5.74, 6) is 0.342. The molecular weight excluding hydrogens is 444 g/mol. The van der Waals surface area contributed by atoms with Gasteiger partial charge < -0.3 is 19.7 Å². The van der Waals surface area contributed by atoms with Crippen LogP contribution in [0, 0.1) is 20.2 Å². The van der Waals surface area contributed by atoms with E-state index < -0.39 is 21.2 Å². The second kappa shape index (κ2) is 10.2. The van der Waals surface area contributed by atoms with Gasteiger partial charge in [-0.05, 0) is 53.6 Å². The van der Waals surface area contributed by atoms with Crippen LogP contribution in [0.2, 0.25) is 0 Å². The number of methoxy groups -OCH3 is 2. The van der Waals surface area contributed by atoms with Crippen molar-refractivity contribution in [1.29, 1.82) is 0 Å². The molecule has 0 bridgehead atoms. The second-order valence-electron chi connectivity index (χ2n) is 7.01. The third-order valence-corrected chi connectivity index (χ3v) is 4.89. The number of rotatable bonds is 8. The van der Waals surface area contributed by atoms with Crippen LogP contribution in [0.3, 0.4) is 0 Å². The van der Waals surface area contributed by atoms with E-state index in [1.54, 1.807) is 12.1 Å². The molecule has 174 valence electrons. The molecule has 0 radical (unpaired) electrons. The average molecular weight is 464 g/mol. The maximum absolute atomic E-state index is 11.6. The van der Waals surface area contributed by atoms with Crippen LogP contribution in [0.4, 0.5) is 11.4 Å². The average Bonchev–Trinajstić information content (AvgIpc) is 2.81. The summed E-state index contributed by atoms with van der Waals surface area (Å²) < 4.78 is 9.98. The van der Waals surface area contributed by atoms with E-state index in [4.69, 9.17) is 9.47 Å². The minimum absolute atomic E-state index is 0.103. The molecule has 3 aromatic carbocycles. The summed E-state index contributed by atoms with van der Waals surface area (Å²) in [6.07, 6.45) is 5.92. The first-order valence-corrected chi connectivity index (χ1v) is 9.80. The molecule has 0 spiro atoms. The molecule has 2 N–H and O–H groups in total. The molecule has 10 heteroatoms. The topological polar surface area (TPSA) is 145 Å². The van der Waals surface area contributed by atoms with Crippen molar-refractivity contribution in [3.8, 4) is 23.0 Å². The number of benzene rings is 3. The molecule has 10 nitrogen and oxygen atoms in total. The van der Waals surface area contributed by atoms with E-state index in [0.717, 1.165) is 6.07 Å². The summed E-state index contributed by atoms with van der Waals surface area (Å²) >= 11 is 0. The Balaban J connectivity index is 2.05. The predicted molar refractivity (Wildman–Crippen MR) is 127 cm³/mol. The Hall–Kier alpha value is -4.86. The number of hydrogen-bond donors (Lipinski definition) is 2. The molecule has 0 aliphatic heterocycles. The minimum atomic E-state index is -0.701. The lowest BCUT2D eigenvalue weighted by Gasteiger charge is -2.05. The molecule has 34 heavy (non-hydrogen) atoms. The Morgan fingerprint density at radius 1 is 0.676 bits per heavy atom. The van der Waals surface area contributed by atoms with Crippen LogP contribution >= 0.6 is 0 Å². The molecular formula is C24H20N2O8. The Labute approximate surface area is 193 Å². The zero-order chi connectivity index (χ0) is 24.8. The van der Waals surface area contributed by atoms with Crippen molar-refractivity contribution in [1.82, 2.24) is 0 Å². The fourth-order valence-corrected chi connectivity index (χ4v) is 3.19. The molecule has 0 amide bonds. The lowest BCUT2D eigenvalue weighted by molar-refractivity contribution is -0.394. The monoisotopic (exact) mass is 464 g/mol. The third kappa shape index (κ3) is 5.30. The highest BCUT2D eigenvalue weighted by Gasteiger charge is 2.22. The van der Waals surface area contributed by atoms with Gasteiger partial charge in [-0.2, -0.15) is 0 Å². The number of phenols is 2. The number of ether oxygens (including phenoxy) is 2. The molecule has 0 heterocycles. The Bertz CT molecular complexity index is 1220. The number of hydrogen-bond acceptors (Lipinski definition) is 8. The minimum Gasteiger partial charge on any atom is -0.504 e. The van der Waals surface area contributed by atoms with Gasteiger partial charge in [0.2, 0.25) is 0 Å². The molecule has 3 rings (SSSR count). The first kappa shape index (κ1) is 23.8.